The van der Waals surface area contributed by atoms with Gasteiger partial charge in [0.1, 0.15) is 5.75 Å². The third-order valence-corrected chi connectivity index (χ3v) is 3.65. The smallest absolute Gasteiger partial charge is 0.352 e. The Labute approximate surface area is 150 Å². The molecule has 0 unspecified atom stereocenters. The van der Waals surface area contributed by atoms with Crippen LogP contribution in [-0.4, -0.2) is 26.3 Å². The van der Waals surface area contributed by atoms with Gasteiger partial charge in [-0.1, -0.05) is 29.3 Å². The maximum Gasteiger partial charge on any atom is 0.352 e. The molecule has 2 rings (SSSR count). The van der Waals surface area contributed by atoms with Crippen LogP contribution < -0.4 is 18.9 Å². The molecule has 0 heterocycles. The Morgan fingerprint density at radius 1 is 1.00 bits per heavy atom. The number of hydrogen-bond acceptors (Lipinski definition) is 5. The van der Waals surface area contributed by atoms with Crippen molar-refractivity contribution < 1.29 is 23.7 Å². The summed E-state index contributed by atoms with van der Waals surface area (Å²) in [6, 6.07) is 9.77. The first-order valence-electron chi connectivity index (χ1n) is 7.00. The number of carbonyl (C=O) groups excluding carboxylic acids is 1. The highest BCUT2D eigenvalue weighted by molar-refractivity contribution is 6.35. The standard InChI is InChI=1S/C17H16Cl2O5/c1-10(23-13-8-7-11(18)9-12(13)19)17(20)24-16-14(21-2)5-4-6-15(16)22-3/h4-10H,1-3H3/t10-/m1/s1. The molecule has 0 fully saturated rings. The number of halogens is 2. The second-order valence-corrected chi connectivity index (χ2v) is 5.59. The molecule has 2 aromatic carbocycles. The first-order valence-corrected chi connectivity index (χ1v) is 7.76. The lowest BCUT2D eigenvalue weighted by molar-refractivity contribution is -0.141. The first kappa shape index (κ1) is 18.2. The molecule has 0 spiro atoms. The number of para-hydroxylation sites is 1. The van der Waals surface area contributed by atoms with Crippen molar-refractivity contribution in [1.29, 1.82) is 0 Å². The minimum atomic E-state index is -0.904. The van der Waals surface area contributed by atoms with Gasteiger partial charge in [-0.15, -0.1) is 0 Å². The highest BCUT2D eigenvalue weighted by atomic mass is 35.5. The predicted octanol–water partition coefficient (Wildman–Crippen LogP) is 4.38. The quantitative estimate of drug-likeness (QED) is 0.557. The van der Waals surface area contributed by atoms with Crippen LogP contribution in [0.1, 0.15) is 6.92 Å². The van der Waals surface area contributed by atoms with Crippen molar-refractivity contribution >= 4 is 29.2 Å². The van der Waals surface area contributed by atoms with E-state index in [4.69, 9.17) is 42.1 Å². The zero-order valence-electron chi connectivity index (χ0n) is 13.3. The van der Waals surface area contributed by atoms with Crippen molar-refractivity contribution in [3.63, 3.8) is 0 Å². The largest absolute Gasteiger partial charge is 0.493 e. The maximum absolute atomic E-state index is 12.3. The van der Waals surface area contributed by atoms with Crippen molar-refractivity contribution in [2.45, 2.75) is 13.0 Å². The van der Waals surface area contributed by atoms with Gasteiger partial charge in [-0.05, 0) is 37.3 Å². The molecule has 0 aliphatic rings. The van der Waals surface area contributed by atoms with Crippen LogP contribution in [0.4, 0.5) is 0 Å². The minimum Gasteiger partial charge on any atom is -0.493 e. The summed E-state index contributed by atoms with van der Waals surface area (Å²) in [5.41, 5.74) is 0. The van der Waals surface area contributed by atoms with Gasteiger partial charge in [0.05, 0.1) is 19.2 Å². The molecule has 24 heavy (non-hydrogen) atoms. The molecular formula is C17H16Cl2O5. The van der Waals surface area contributed by atoms with E-state index in [0.29, 0.717) is 27.3 Å². The lowest BCUT2D eigenvalue weighted by Crippen LogP contribution is -2.28. The number of benzene rings is 2. The fraction of sp³-hybridized carbons (Fsp3) is 0.235. The van der Waals surface area contributed by atoms with Gasteiger partial charge in [0.2, 0.25) is 5.75 Å². The molecule has 0 bridgehead atoms. The normalized spacial score (nSPS) is 11.5. The average molecular weight is 371 g/mol. The van der Waals surface area contributed by atoms with Crippen LogP contribution in [0.2, 0.25) is 10.0 Å². The van der Waals surface area contributed by atoms with E-state index in [0.717, 1.165) is 0 Å². The van der Waals surface area contributed by atoms with E-state index in [1.165, 1.54) is 20.3 Å². The molecule has 1 atom stereocenters. The third-order valence-electron chi connectivity index (χ3n) is 3.11. The molecule has 0 aliphatic carbocycles. The van der Waals surface area contributed by atoms with E-state index in [9.17, 15) is 4.79 Å². The minimum absolute atomic E-state index is 0.185. The van der Waals surface area contributed by atoms with Crippen molar-refractivity contribution in [2.24, 2.45) is 0 Å². The van der Waals surface area contributed by atoms with Gasteiger partial charge in [0.15, 0.2) is 17.6 Å². The van der Waals surface area contributed by atoms with Gasteiger partial charge in [-0.2, -0.15) is 0 Å². The summed E-state index contributed by atoms with van der Waals surface area (Å²) in [6.45, 7) is 1.55. The molecule has 0 saturated heterocycles. The van der Waals surface area contributed by atoms with Gasteiger partial charge >= 0.3 is 5.97 Å². The third kappa shape index (κ3) is 4.24. The Morgan fingerprint density at radius 2 is 1.62 bits per heavy atom. The highest BCUT2D eigenvalue weighted by Gasteiger charge is 2.22. The number of ether oxygens (including phenoxy) is 4. The number of carbonyl (C=O) groups is 1. The zero-order chi connectivity index (χ0) is 17.7. The Balaban J connectivity index is 2.15. The lowest BCUT2D eigenvalue weighted by atomic mass is 10.3. The summed E-state index contributed by atoms with van der Waals surface area (Å²) in [5.74, 6) is 0.644. The van der Waals surface area contributed by atoms with E-state index in [1.54, 1.807) is 37.3 Å². The molecule has 5 nitrogen and oxygen atoms in total. The monoisotopic (exact) mass is 370 g/mol. The molecule has 0 radical (unpaired) electrons. The van der Waals surface area contributed by atoms with Crippen molar-refractivity contribution in [3.8, 4) is 23.0 Å². The van der Waals surface area contributed by atoms with Gasteiger partial charge in [-0.3, -0.25) is 0 Å². The summed E-state index contributed by atoms with van der Waals surface area (Å²) in [7, 11) is 2.94. The molecule has 0 amide bonds. The van der Waals surface area contributed by atoms with Gasteiger partial charge in [0.25, 0.3) is 0 Å². The van der Waals surface area contributed by atoms with Crippen LogP contribution in [0, 0.1) is 0 Å². The molecule has 0 saturated carbocycles. The second kappa shape index (κ2) is 8.13. The summed E-state index contributed by atoms with van der Waals surface area (Å²) in [4.78, 5) is 12.3. The van der Waals surface area contributed by atoms with Crippen LogP contribution >= 0.6 is 23.2 Å². The van der Waals surface area contributed by atoms with E-state index in [-0.39, 0.29) is 5.75 Å². The average Bonchev–Trinajstić information content (AvgIpc) is 2.57. The molecule has 7 heteroatoms. The van der Waals surface area contributed by atoms with Crippen LogP contribution in [0.5, 0.6) is 23.0 Å². The summed E-state index contributed by atoms with van der Waals surface area (Å²) in [6.07, 6.45) is -0.904. The van der Waals surface area contributed by atoms with Gasteiger partial charge < -0.3 is 18.9 Å². The Hall–Kier alpha value is -2.11. The van der Waals surface area contributed by atoms with Crippen LogP contribution in [0.3, 0.4) is 0 Å². The summed E-state index contributed by atoms with van der Waals surface area (Å²) in [5, 5.41) is 0.776. The zero-order valence-corrected chi connectivity index (χ0v) is 14.9. The Kier molecular flexibility index (Phi) is 6.17. The SMILES string of the molecule is COc1cccc(OC)c1OC(=O)[C@@H](C)Oc1ccc(Cl)cc1Cl. The molecule has 128 valence electrons. The van der Waals surface area contributed by atoms with Crippen molar-refractivity contribution in [3.05, 3.63) is 46.4 Å². The highest BCUT2D eigenvalue weighted by Crippen LogP contribution is 2.37. The van der Waals surface area contributed by atoms with Crippen molar-refractivity contribution in [2.75, 3.05) is 14.2 Å². The number of rotatable bonds is 6. The second-order valence-electron chi connectivity index (χ2n) is 4.75. The molecular weight excluding hydrogens is 355 g/mol. The molecule has 0 N–H and O–H groups in total. The number of methoxy groups -OCH3 is 2. The lowest BCUT2D eigenvalue weighted by Gasteiger charge is -2.17. The number of hydrogen-bond donors (Lipinski definition) is 0. The Morgan fingerprint density at radius 3 is 2.17 bits per heavy atom. The van der Waals surface area contributed by atoms with E-state index >= 15 is 0 Å². The fourth-order valence-electron chi connectivity index (χ4n) is 1.91. The van der Waals surface area contributed by atoms with Crippen LogP contribution in [-0.2, 0) is 4.79 Å². The number of esters is 1. The van der Waals surface area contributed by atoms with Crippen molar-refractivity contribution in [1.82, 2.24) is 0 Å². The van der Waals surface area contributed by atoms with E-state index < -0.39 is 12.1 Å². The predicted molar refractivity (Wildman–Crippen MR) is 91.7 cm³/mol. The van der Waals surface area contributed by atoms with Gasteiger partial charge in [0, 0.05) is 5.02 Å². The summed E-state index contributed by atoms with van der Waals surface area (Å²) >= 11 is 11.9. The van der Waals surface area contributed by atoms with Crippen LogP contribution in [0.15, 0.2) is 36.4 Å². The van der Waals surface area contributed by atoms with E-state index in [1.807, 2.05) is 0 Å². The molecule has 0 aromatic heterocycles. The fourth-order valence-corrected chi connectivity index (χ4v) is 2.36. The molecule has 0 aliphatic heterocycles. The molecule has 2 aromatic rings. The summed E-state index contributed by atoms with van der Waals surface area (Å²) < 4.78 is 21.3. The Bertz CT molecular complexity index is 711. The topological polar surface area (TPSA) is 54.0 Å². The maximum atomic E-state index is 12.3. The van der Waals surface area contributed by atoms with Gasteiger partial charge in [-0.25, -0.2) is 4.79 Å². The first-order chi connectivity index (χ1) is 11.5. The van der Waals surface area contributed by atoms with Crippen LogP contribution in [0.25, 0.3) is 0 Å². The van der Waals surface area contributed by atoms with E-state index in [2.05, 4.69) is 0 Å².